The SMILES string of the molecule is Cc1nc(C(=O)Nc2ncccc2O)cs1. The first-order chi connectivity index (χ1) is 7.66. The molecule has 0 aliphatic rings. The molecule has 0 bridgehead atoms. The summed E-state index contributed by atoms with van der Waals surface area (Å²) in [6.07, 6.45) is 1.49. The molecule has 2 heterocycles. The summed E-state index contributed by atoms with van der Waals surface area (Å²) in [6.45, 7) is 1.82. The van der Waals surface area contributed by atoms with Crippen LogP contribution in [-0.2, 0) is 0 Å². The Labute approximate surface area is 95.8 Å². The average molecular weight is 235 g/mol. The molecule has 0 aliphatic carbocycles. The molecule has 16 heavy (non-hydrogen) atoms. The van der Waals surface area contributed by atoms with Crippen molar-refractivity contribution in [3.8, 4) is 5.75 Å². The molecule has 0 saturated carbocycles. The molecule has 0 radical (unpaired) electrons. The third-order valence-electron chi connectivity index (χ3n) is 1.87. The second kappa shape index (κ2) is 4.28. The van der Waals surface area contributed by atoms with Gasteiger partial charge in [-0.05, 0) is 19.1 Å². The zero-order chi connectivity index (χ0) is 11.5. The van der Waals surface area contributed by atoms with Gasteiger partial charge in [0.25, 0.3) is 5.91 Å². The number of pyridine rings is 1. The molecule has 0 aromatic carbocycles. The molecule has 82 valence electrons. The molecule has 0 fully saturated rings. The van der Waals surface area contributed by atoms with Gasteiger partial charge in [0.2, 0.25) is 0 Å². The number of carbonyl (C=O) groups is 1. The van der Waals surface area contributed by atoms with Crippen LogP contribution in [0, 0.1) is 6.92 Å². The number of anilines is 1. The number of aromatic nitrogens is 2. The number of thiazole rings is 1. The van der Waals surface area contributed by atoms with Crippen LogP contribution in [0.5, 0.6) is 5.75 Å². The summed E-state index contributed by atoms with van der Waals surface area (Å²) in [5.41, 5.74) is 0.326. The maximum absolute atomic E-state index is 11.7. The van der Waals surface area contributed by atoms with E-state index in [-0.39, 0.29) is 17.5 Å². The van der Waals surface area contributed by atoms with Gasteiger partial charge in [0.05, 0.1) is 5.01 Å². The number of aromatic hydroxyl groups is 1. The van der Waals surface area contributed by atoms with Gasteiger partial charge < -0.3 is 10.4 Å². The third-order valence-corrected chi connectivity index (χ3v) is 2.64. The van der Waals surface area contributed by atoms with Crippen molar-refractivity contribution in [3.63, 3.8) is 0 Å². The fraction of sp³-hybridized carbons (Fsp3) is 0.100. The van der Waals surface area contributed by atoms with Gasteiger partial charge in [-0.3, -0.25) is 4.79 Å². The van der Waals surface area contributed by atoms with Crippen molar-refractivity contribution in [2.75, 3.05) is 5.32 Å². The summed E-state index contributed by atoms with van der Waals surface area (Å²) in [6, 6.07) is 3.03. The molecule has 2 N–H and O–H groups in total. The molecule has 2 aromatic rings. The topological polar surface area (TPSA) is 75.1 Å². The minimum absolute atomic E-state index is 0.0669. The molecule has 0 saturated heterocycles. The quantitative estimate of drug-likeness (QED) is 0.832. The highest BCUT2D eigenvalue weighted by molar-refractivity contribution is 7.09. The lowest BCUT2D eigenvalue weighted by atomic mass is 10.4. The largest absolute Gasteiger partial charge is 0.504 e. The summed E-state index contributed by atoms with van der Waals surface area (Å²) in [5.74, 6) is -0.306. The van der Waals surface area contributed by atoms with E-state index in [1.807, 2.05) is 6.92 Å². The maximum Gasteiger partial charge on any atom is 0.276 e. The number of hydrogen-bond acceptors (Lipinski definition) is 5. The number of aryl methyl sites for hydroxylation is 1. The second-order valence-electron chi connectivity index (χ2n) is 3.08. The summed E-state index contributed by atoms with van der Waals surface area (Å²) in [5, 5.41) is 14.4. The molecule has 0 unspecified atom stereocenters. The Morgan fingerprint density at radius 1 is 1.56 bits per heavy atom. The van der Waals surface area contributed by atoms with Crippen LogP contribution in [0.3, 0.4) is 0 Å². The van der Waals surface area contributed by atoms with Crippen molar-refractivity contribution < 1.29 is 9.90 Å². The lowest BCUT2D eigenvalue weighted by molar-refractivity contribution is 0.102. The third kappa shape index (κ3) is 2.17. The predicted molar refractivity (Wildman–Crippen MR) is 60.7 cm³/mol. The van der Waals surface area contributed by atoms with E-state index in [9.17, 15) is 9.90 Å². The van der Waals surface area contributed by atoms with Crippen molar-refractivity contribution in [2.45, 2.75) is 6.92 Å². The van der Waals surface area contributed by atoms with E-state index < -0.39 is 0 Å². The van der Waals surface area contributed by atoms with Crippen LogP contribution in [0.4, 0.5) is 5.82 Å². The summed E-state index contributed by atoms with van der Waals surface area (Å²) >= 11 is 1.39. The highest BCUT2D eigenvalue weighted by Gasteiger charge is 2.11. The van der Waals surface area contributed by atoms with Crippen molar-refractivity contribution in [2.24, 2.45) is 0 Å². The van der Waals surface area contributed by atoms with Gasteiger partial charge in [0, 0.05) is 11.6 Å². The fourth-order valence-electron chi connectivity index (χ4n) is 1.13. The number of nitrogens with one attached hydrogen (secondary N) is 1. The van der Waals surface area contributed by atoms with Crippen molar-refractivity contribution in [3.05, 3.63) is 34.4 Å². The van der Waals surface area contributed by atoms with Crippen molar-refractivity contribution in [1.82, 2.24) is 9.97 Å². The molecule has 0 spiro atoms. The van der Waals surface area contributed by atoms with Crippen LogP contribution in [0.25, 0.3) is 0 Å². The van der Waals surface area contributed by atoms with Crippen LogP contribution in [0.15, 0.2) is 23.7 Å². The van der Waals surface area contributed by atoms with E-state index in [1.54, 1.807) is 11.4 Å². The number of carbonyl (C=O) groups excluding carboxylic acids is 1. The fourth-order valence-corrected chi connectivity index (χ4v) is 1.73. The van der Waals surface area contributed by atoms with Gasteiger partial charge >= 0.3 is 0 Å². The Bertz CT molecular complexity index is 524. The lowest BCUT2D eigenvalue weighted by Gasteiger charge is -2.03. The standard InChI is InChI=1S/C10H9N3O2S/c1-6-12-7(5-16-6)10(15)13-9-8(14)3-2-4-11-9/h2-5,14H,1H3,(H,11,13,15). The Balaban J connectivity index is 2.17. The average Bonchev–Trinajstić information content (AvgIpc) is 2.68. The summed E-state index contributed by atoms with van der Waals surface area (Å²) in [7, 11) is 0. The first-order valence-corrected chi connectivity index (χ1v) is 5.42. The monoisotopic (exact) mass is 235 g/mol. The Hall–Kier alpha value is -1.95. The minimum atomic E-state index is -0.377. The molecule has 6 heteroatoms. The van der Waals surface area contributed by atoms with E-state index in [4.69, 9.17) is 0 Å². The molecular formula is C10H9N3O2S. The Morgan fingerprint density at radius 2 is 2.38 bits per heavy atom. The second-order valence-corrected chi connectivity index (χ2v) is 4.14. The smallest absolute Gasteiger partial charge is 0.276 e. The first-order valence-electron chi connectivity index (χ1n) is 4.54. The molecular weight excluding hydrogens is 226 g/mol. The van der Waals surface area contributed by atoms with E-state index in [0.717, 1.165) is 5.01 Å². The molecule has 1 amide bonds. The van der Waals surface area contributed by atoms with Gasteiger partial charge in [-0.2, -0.15) is 0 Å². The zero-order valence-electron chi connectivity index (χ0n) is 8.47. The number of nitrogens with zero attached hydrogens (tertiary/aromatic N) is 2. The molecule has 2 rings (SSSR count). The number of hydrogen-bond donors (Lipinski definition) is 2. The predicted octanol–water partition coefficient (Wildman–Crippen LogP) is 1.80. The normalized spacial score (nSPS) is 10.1. The zero-order valence-corrected chi connectivity index (χ0v) is 9.28. The van der Waals surface area contributed by atoms with Crippen LogP contribution in [-0.4, -0.2) is 21.0 Å². The van der Waals surface area contributed by atoms with Gasteiger partial charge in [-0.15, -0.1) is 11.3 Å². The van der Waals surface area contributed by atoms with Crippen LogP contribution < -0.4 is 5.32 Å². The van der Waals surface area contributed by atoms with E-state index in [2.05, 4.69) is 15.3 Å². The maximum atomic E-state index is 11.7. The Morgan fingerprint density at radius 3 is 3.00 bits per heavy atom. The van der Waals surface area contributed by atoms with Gasteiger partial charge in [0.15, 0.2) is 11.6 Å². The highest BCUT2D eigenvalue weighted by Crippen LogP contribution is 2.19. The van der Waals surface area contributed by atoms with Gasteiger partial charge in [-0.1, -0.05) is 0 Å². The van der Waals surface area contributed by atoms with Gasteiger partial charge in [-0.25, -0.2) is 9.97 Å². The summed E-state index contributed by atoms with van der Waals surface area (Å²) in [4.78, 5) is 19.5. The van der Waals surface area contributed by atoms with E-state index >= 15 is 0 Å². The van der Waals surface area contributed by atoms with Crippen LogP contribution in [0.2, 0.25) is 0 Å². The van der Waals surface area contributed by atoms with E-state index in [1.165, 1.54) is 23.6 Å². The molecule has 0 atom stereocenters. The lowest BCUT2D eigenvalue weighted by Crippen LogP contribution is -2.13. The van der Waals surface area contributed by atoms with Crippen LogP contribution in [0.1, 0.15) is 15.5 Å². The van der Waals surface area contributed by atoms with Crippen molar-refractivity contribution in [1.29, 1.82) is 0 Å². The van der Waals surface area contributed by atoms with Gasteiger partial charge in [0.1, 0.15) is 5.69 Å². The highest BCUT2D eigenvalue weighted by atomic mass is 32.1. The van der Waals surface area contributed by atoms with E-state index in [0.29, 0.717) is 5.69 Å². The summed E-state index contributed by atoms with van der Waals surface area (Å²) < 4.78 is 0. The molecule has 2 aromatic heterocycles. The molecule has 0 aliphatic heterocycles. The Kier molecular flexibility index (Phi) is 2.82. The first kappa shape index (κ1) is 10.6. The number of rotatable bonds is 2. The number of amides is 1. The van der Waals surface area contributed by atoms with Crippen molar-refractivity contribution >= 4 is 23.1 Å². The molecule has 5 nitrogen and oxygen atoms in total. The van der Waals surface area contributed by atoms with Crippen LogP contribution >= 0.6 is 11.3 Å². The minimum Gasteiger partial charge on any atom is -0.504 e.